The van der Waals surface area contributed by atoms with Gasteiger partial charge in [-0.25, -0.2) is 28.9 Å². The van der Waals surface area contributed by atoms with Gasteiger partial charge in [-0.1, -0.05) is 18.2 Å². The largest absolute Gasteiger partial charge is 0.351 e. The van der Waals surface area contributed by atoms with E-state index in [1.807, 2.05) is 22.9 Å². The first-order chi connectivity index (χ1) is 19.3. The summed E-state index contributed by atoms with van der Waals surface area (Å²) < 4.78 is 88.3. The van der Waals surface area contributed by atoms with E-state index in [2.05, 4.69) is 10.4 Å². The number of carbonyl (C=O) groups is 1. The minimum Gasteiger partial charge on any atom is -0.351 e. The van der Waals surface area contributed by atoms with Crippen molar-refractivity contribution in [3.63, 3.8) is 0 Å². The molecule has 0 saturated heterocycles. The molecule has 214 valence electrons. The van der Waals surface area contributed by atoms with Crippen molar-refractivity contribution >= 4 is 44.4 Å². The predicted molar refractivity (Wildman–Crippen MR) is 154 cm³/mol. The highest BCUT2D eigenvalue weighted by atomic mass is 127. The molecule has 0 bridgehead atoms. The number of alkyl halides is 1. The van der Waals surface area contributed by atoms with E-state index in [9.17, 15) is 22.0 Å². The van der Waals surface area contributed by atoms with Crippen molar-refractivity contribution in [2.75, 3.05) is 12.3 Å². The van der Waals surface area contributed by atoms with Crippen LogP contribution in [0.15, 0.2) is 72.0 Å². The zero-order valence-corrected chi connectivity index (χ0v) is 24.5. The Hall–Kier alpha value is -3.46. The van der Waals surface area contributed by atoms with E-state index in [1.165, 1.54) is 48.0 Å². The van der Waals surface area contributed by atoms with Crippen LogP contribution in [0.1, 0.15) is 34.1 Å². The molecular formula is C28H23F4IN4O3S. The highest BCUT2D eigenvalue weighted by Gasteiger charge is 2.37. The molecule has 0 spiro atoms. The number of amides is 1. The van der Waals surface area contributed by atoms with Gasteiger partial charge in [0.1, 0.15) is 23.1 Å². The number of halogens is 5. The summed E-state index contributed by atoms with van der Waals surface area (Å²) in [5, 5.41) is 6.48. The standard InChI is InChI=1S/C28H23F4IN4O3S/c1-28(32)11-23(31)26-24(12-28)36(14-19-6-5-17(10-22(19)30)20-13-35-37(33)15-20)16-25(26)41(39,40)8-7-34-27(38)18-3-2-4-21(29)9-18/h2-6,9-11,13,15-16H,7-8,12,14H2,1H3,(H,34,38). The van der Waals surface area contributed by atoms with Crippen LogP contribution in [0.3, 0.4) is 0 Å². The van der Waals surface area contributed by atoms with E-state index >= 15 is 8.78 Å². The zero-order chi connectivity index (χ0) is 29.5. The van der Waals surface area contributed by atoms with Gasteiger partial charge in [0.05, 0.1) is 46.3 Å². The van der Waals surface area contributed by atoms with Crippen LogP contribution in [-0.2, 0) is 22.8 Å². The minimum absolute atomic E-state index is 0.0123. The van der Waals surface area contributed by atoms with Crippen LogP contribution >= 0.6 is 22.9 Å². The van der Waals surface area contributed by atoms with Gasteiger partial charge >= 0.3 is 0 Å². The molecule has 1 aliphatic carbocycles. The van der Waals surface area contributed by atoms with Crippen molar-refractivity contribution in [2.45, 2.75) is 30.5 Å². The number of aromatic nitrogens is 3. The fraction of sp³-hybridized carbons (Fsp3) is 0.214. The summed E-state index contributed by atoms with van der Waals surface area (Å²) in [6.45, 7) is 0.661. The Bertz CT molecular complexity index is 1800. The van der Waals surface area contributed by atoms with Crippen LogP contribution in [0.2, 0.25) is 0 Å². The monoisotopic (exact) mass is 698 g/mol. The Morgan fingerprint density at radius 2 is 1.90 bits per heavy atom. The lowest BCUT2D eigenvalue weighted by molar-refractivity contribution is 0.0955. The second-order valence-electron chi connectivity index (χ2n) is 9.90. The summed E-state index contributed by atoms with van der Waals surface area (Å²) in [6.07, 6.45) is 4.88. The lowest BCUT2D eigenvalue weighted by atomic mass is 9.92. The van der Waals surface area contributed by atoms with Gasteiger partial charge < -0.3 is 9.88 Å². The molecule has 1 N–H and O–H groups in total. The Balaban J connectivity index is 1.43. The zero-order valence-electron chi connectivity index (χ0n) is 21.5. The third-order valence-electron chi connectivity index (χ3n) is 6.69. The van der Waals surface area contributed by atoms with E-state index < -0.39 is 44.6 Å². The fourth-order valence-corrected chi connectivity index (χ4v) is 6.56. The van der Waals surface area contributed by atoms with Gasteiger partial charge in [0, 0.05) is 53.3 Å². The Kier molecular flexibility index (Phi) is 7.85. The summed E-state index contributed by atoms with van der Waals surface area (Å²) in [4.78, 5) is 11.9. The molecule has 2 aromatic carbocycles. The molecule has 0 saturated carbocycles. The fourth-order valence-electron chi connectivity index (χ4n) is 4.73. The van der Waals surface area contributed by atoms with E-state index in [1.54, 1.807) is 21.4 Å². The first-order valence-electron chi connectivity index (χ1n) is 12.4. The molecule has 1 aliphatic rings. The number of nitrogens with one attached hydrogen (secondary N) is 1. The van der Waals surface area contributed by atoms with E-state index in [-0.39, 0.29) is 46.8 Å². The van der Waals surface area contributed by atoms with E-state index in [0.717, 1.165) is 12.1 Å². The van der Waals surface area contributed by atoms with Crippen LogP contribution in [0, 0.1) is 11.6 Å². The van der Waals surface area contributed by atoms with Crippen molar-refractivity contribution in [1.82, 2.24) is 17.9 Å². The summed E-state index contributed by atoms with van der Waals surface area (Å²) in [6, 6.07) is 9.43. The number of benzene rings is 2. The number of hydrogen-bond donors (Lipinski definition) is 1. The molecule has 1 unspecified atom stereocenters. The number of carbonyl (C=O) groups excluding carboxylic acids is 1. The number of hydrogen-bond acceptors (Lipinski definition) is 4. The van der Waals surface area contributed by atoms with Gasteiger partial charge in [-0.2, -0.15) is 5.10 Å². The van der Waals surface area contributed by atoms with Gasteiger partial charge in [0.15, 0.2) is 9.84 Å². The summed E-state index contributed by atoms with van der Waals surface area (Å²) in [5.74, 6) is -3.51. The number of nitrogens with zero attached hydrogens (tertiary/aromatic N) is 3. The second kappa shape index (κ2) is 11.1. The Labute approximate surface area is 247 Å². The van der Waals surface area contributed by atoms with Crippen molar-refractivity contribution < 1.29 is 30.8 Å². The van der Waals surface area contributed by atoms with Crippen LogP contribution in [-0.4, -0.2) is 44.9 Å². The molecular weight excluding hydrogens is 675 g/mol. The quantitative estimate of drug-likeness (QED) is 0.190. The third kappa shape index (κ3) is 6.25. The Morgan fingerprint density at radius 1 is 1.12 bits per heavy atom. The maximum absolute atomic E-state index is 15.2. The first-order valence-corrected chi connectivity index (χ1v) is 15.0. The average molecular weight is 698 g/mol. The van der Waals surface area contributed by atoms with Crippen molar-refractivity contribution in [3.05, 3.63) is 101 Å². The SMILES string of the molecule is CC1(F)C=C(F)c2c(S(=O)(=O)CCNC(=O)c3cccc(F)c3)cn(Cc3ccc(-c4cnn(I)c4)cc3F)c2C1. The first kappa shape index (κ1) is 29.0. The smallest absolute Gasteiger partial charge is 0.251 e. The van der Waals surface area contributed by atoms with Gasteiger partial charge in [-0.15, -0.1) is 0 Å². The highest BCUT2D eigenvalue weighted by molar-refractivity contribution is 14.1. The Morgan fingerprint density at radius 3 is 2.59 bits per heavy atom. The van der Waals surface area contributed by atoms with Crippen molar-refractivity contribution in [1.29, 1.82) is 0 Å². The van der Waals surface area contributed by atoms with Crippen molar-refractivity contribution in [3.8, 4) is 11.1 Å². The van der Waals surface area contributed by atoms with E-state index in [0.29, 0.717) is 11.1 Å². The maximum atomic E-state index is 15.2. The van der Waals surface area contributed by atoms with Crippen LogP contribution in [0.4, 0.5) is 17.6 Å². The summed E-state index contributed by atoms with van der Waals surface area (Å²) in [5.41, 5.74) is -0.808. The maximum Gasteiger partial charge on any atom is 0.251 e. The molecule has 1 atom stereocenters. The molecule has 41 heavy (non-hydrogen) atoms. The normalized spacial score (nSPS) is 16.8. The van der Waals surface area contributed by atoms with Crippen molar-refractivity contribution in [2.24, 2.45) is 0 Å². The van der Waals surface area contributed by atoms with Gasteiger partial charge in [-0.05, 0) is 42.8 Å². The molecule has 1 amide bonds. The predicted octanol–water partition coefficient (Wildman–Crippen LogP) is 5.67. The number of allylic oxidation sites excluding steroid dienone is 1. The lowest BCUT2D eigenvalue weighted by Gasteiger charge is -2.24. The molecule has 0 radical (unpaired) electrons. The molecule has 13 heteroatoms. The summed E-state index contributed by atoms with van der Waals surface area (Å²) >= 11 is 1.97. The highest BCUT2D eigenvalue weighted by Crippen LogP contribution is 2.40. The molecule has 2 aromatic heterocycles. The van der Waals surface area contributed by atoms with E-state index in [4.69, 9.17) is 0 Å². The number of sulfone groups is 1. The molecule has 7 nitrogen and oxygen atoms in total. The van der Waals surface area contributed by atoms with Gasteiger partial charge in [0.25, 0.3) is 5.91 Å². The molecule has 2 heterocycles. The molecule has 4 aromatic rings. The minimum atomic E-state index is -4.20. The second-order valence-corrected chi connectivity index (χ2v) is 13.0. The lowest BCUT2D eigenvalue weighted by Crippen LogP contribution is -2.29. The topological polar surface area (TPSA) is 86.0 Å². The van der Waals surface area contributed by atoms with Gasteiger partial charge in [0.2, 0.25) is 0 Å². The molecule has 0 aliphatic heterocycles. The number of rotatable bonds is 8. The molecule has 5 rings (SSSR count). The average Bonchev–Trinajstić information content (AvgIpc) is 3.48. The van der Waals surface area contributed by atoms with Crippen LogP contribution in [0.5, 0.6) is 0 Å². The summed E-state index contributed by atoms with van der Waals surface area (Å²) in [7, 11) is -4.20. The number of fused-ring (bicyclic) bond motifs is 1. The van der Waals surface area contributed by atoms with Gasteiger partial charge in [-0.3, -0.25) is 4.79 Å². The van der Waals surface area contributed by atoms with Crippen LogP contribution < -0.4 is 5.32 Å². The third-order valence-corrected chi connectivity index (χ3v) is 8.94. The van der Waals surface area contributed by atoms with Crippen LogP contribution in [0.25, 0.3) is 17.0 Å². The molecule has 0 fully saturated rings.